The second-order valence-corrected chi connectivity index (χ2v) is 12.6. The highest BCUT2D eigenvalue weighted by Crippen LogP contribution is 2.68. The Balaban J connectivity index is 1.76. The molecule has 144 valence electrons. The van der Waals surface area contributed by atoms with Crippen molar-refractivity contribution < 1.29 is 5.11 Å². The van der Waals surface area contributed by atoms with Gasteiger partial charge in [-0.05, 0) is 78.0 Å². The van der Waals surface area contributed by atoms with Crippen LogP contribution in [0, 0.1) is 23.2 Å². The Bertz CT molecular complexity index is 664. The summed E-state index contributed by atoms with van der Waals surface area (Å²) in [6.07, 6.45) is 6.46. The zero-order valence-electron chi connectivity index (χ0n) is 16.8. The van der Waals surface area contributed by atoms with Crippen LogP contribution >= 0.6 is 23.5 Å². The van der Waals surface area contributed by atoms with Crippen molar-refractivity contribution in [1.29, 1.82) is 0 Å². The molecule has 1 aromatic carbocycles. The van der Waals surface area contributed by atoms with Crippen molar-refractivity contribution in [3.05, 3.63) is 29.3 Å². The van der Waals surface area contributed by atoms with E-state index in [2.05, 4.69) is 57.3 Å². The van der Waals surface area contributed by atoms with E-state index in [1.165, 1.54) is 42.8 Å². The summed E-state index contributed by atoms with van der Waals surface area (Å²) < 4.78 is 0.415. The maximum Gasteiger partial charge on any atom is 0.115 e. The molecule has 1 heterocycles. The Kier molecular flexibility index (Phi) is 5.10. The van der Waals surface area contributed by atoms with E-state index in [0.717, 1.165) is 24.2 Å². The van der Waals surface area contributed by atoms with Gasteiger partial charge < -0.3 is 5.11 Å². The largest absolute Gasteiger partial charge is 0.508 e. The lowest BCUT2D eigenvalue weighted by molar-refractivity contribution is 0.0138. The third kappa shape index (κ3) is 3.02. The maximum atomic E-state index is 9.98. The molecule has 2 aliphatic carbocycles. The van der Waals surface area contributed by atoms with Gasteiger partial charge in [-0.15, -0.1) is 23.5 Å². The van der Waals surface area contributed by atoms with Crippen LogP contribution in [0.3, 0.4) is 0 Å². The van der Waals surface area contributed by atoms with Gasteiger partial charge in [0.1, 0.15) is 5.75 Å². The molecule has 1 unspecified atom stereocenters. The molecule has 1 saturated carbocycles. The van der Waals surface area contributed by atoms with Crippen LogP contribution in [0.25, 0.3) is 0 Å². The number of aromatic hydroxyl groups is 1. The zero-order valence-corrected chi connectivity index (χ0v) is 18.4. The van der Waals surface area contributed by atoms with Crippen LogP contribution < -0.4 is 0 Å². The van der Waals surface area contributed by atoms with E-state index in [1.54, 1.807) is 5.56 Å². The zero-order chi connectivity index (χ0) is 18.5. The lowest BCUT2D eigenvalue weighted by atomic mass is 9.50. The number of hydrogen-bond donors (Lipinski definition) is 1. The topological polar surface area (TPSA) is 20.2 Å². The maximum absolute atomic E-state index is 9.98. The van der Waals surface area contributed by atoms with Crippen molar-refractivity contribution >= 4 is 23.5 Å². The van der Waals surface area contributed by atoms with E-state index in [9.17, 15) is 5.11 Å². The smallest absolute Gasteiger partial charge is 0.115 e. The van der Waals surface area contributed by atoms with Gasteiger partial charge in [-0.2, -0.15) is 0 Å². The third-order valence-corrected chi connectivity index (χ3v) is 11.5. The molecule has 1 nitrogen and oxygen atoms in total. The summed E-state index contributed by atoms with van der Waals surface area (Å²) in [4.78, 5) is 0. The first kappa shape index (κ1) is 19.1. The Morgan fingerprint density at radius 2 is 1.96 bits per heavy atom. The minimum atomic E-state index is 0.410. The summed E-state index contributed by atoms with van der Waals surface area (Å²) in [5, 5.41) is 9.98. The molecule has 1 spiro atoms. The minimum absolute atomic E-state index is 0.410. The van der Waals surface area contributed by atoms with E-state index < -0.39 is 0 Å². The van der Waals surface area contributed by atoms with Crippen molar-refractivity contribution in [2.45, 2.75) is 69.8 Å². The molecular formula is C23H34OS2. The summed E-state index contributed by atoms with van der Waals surface area (Å²) in [5.41, 5.74) is 3.37. The quantitative estimate of drug-likeness (QED) is 0.620. The number of aryl methyl sites for hydroxylation is 1. The molecule has 26 heavy (non-hydrogen) atoms. The van der Waals surface area contributed by atoms with Crippen LogP contribution in [0.1, 0.15) is 70.4 Å². The summed E-state index contributed by atoms with van der Waals surface area (Å²) in [6, 6.07) is 6.21. The van der Waals surface area contributed by atoms with E-state index >= 15 is 0 Å². The molecule has 0 amide bonds. The van der Waals surface area contributed by atoms with Gasteiger partial charge in [0.25, 0.3) is 0 Å². The second-order valence-electron chi connectivity index (χ2n) is 9.52. The highest BCUT2D eigenvalue weighted by Gasteiger charge is 2.59. The second kappa shape index (κ2) is 6.95. The molecule has 1 N–H and O–H groups in total. The number of phenolic OH excluding ortho intramolecular Hbond substituents is 1. The predicted molar refractivity (Wildman–Crippen MR) is 116 cm³/mol. The van der Waals surface area contributed by atoms with Gasteiger partial charge in [0.2, 0.25) is 0 Å². The standard InChI is InChI=1S/C23H34OS2/c1-15(2)5-8-20-16(3)23(25-11-12-26-23)14-21-19-7-6-18(24)13-17(19)9-10-22(20,21)4/h6-7,13,15-16,20-21,24H,5,8-12,14H2,1-4H3/t16?,20-,21+,22-/m0/s1. The van der Waals surface area contributed by atoms with Crippen molar-refractivity contribution in [2.24, 2.45) is 23.2 Å². The van der Waals surface area contributed by atoms with Gasteiger partial charge in [-0.25, -0.2) is 0 Å². The summed E-state index contributed by atoms with van der Waals surface area (Å²) in [7, 11) is 0. The first-order valence-electron chi connectivity index (χ1n) is 10.5. The summed E-state index contributed by atoms with van der Waals surface area (Å²) >= 11 is 4.52. The first-order chi connectivity index (χ1) is 12.4. The van der Waals surface area contributed by atoms with Crippen LogP contribution in [0.2, 0.25) is 0 Å². The first-order valence-corrected chi connectivity index (χ1v) is 12.4. The predicted octanol–water partition coefficient (Wildman–Crippen LogP) is 6.70. The number of rotatable bonds is 3. The Hall–Kier alpha value is -0.280. The fourth-order valence-corrected chi connectivity index (χ4v) is 9.78. The monoisotopic (exact) mass is 390 g/mol. The Morgan fingerprint density at radius 1 is 1.23 bits per heavy atom. The number of benzene rings is 1. The lowest BCUT2D eigenvalue weighted by Gasteiger charge is -2.59. The summed E-state index contributed by atoms with van der Waals surface area (Å²) in [6.45, 7) is 9.93. The van der Waals surface area contributed by atoms with Crippen LogP contribution in [0.15, 0.2) is 18.2 Å². The Morgan fingerprint density at radius 3 is 2.65 bits per heavy atom. The number of phenols is 1. The molecule has 0 bridgehead atoms. The van der Waals surface area contributed by atoms with Crippen LogP contribution in [-0.4, -0.2) is 20.7 Å². The van der Waals surface area contributed by atoms with Crippen molar-refractivity contribution in [2.75, 3.05) is 11.5 Å². The molecule has 3 heteroatoms. The number of fused-ring (bicyclic) bond motifs is 3. The van der Waals surface area contributed by atoms with Gasteiger partial charge in [0, 0.05) is 11.5 Å². The molecule has 4 rings (SSSR count). The minimum Gasteiger partial charge on any atom is -0.508 e. The average Bonchev–Trinajstić information content (AvgIpc) is 3.06. The SMILES string of the molecule is CC(C)CC[C@H]1C(C)C2(C[C@@H]3c4ccc(O)cc4CC[C@]31C)SCCS2. The molecular weight excluding hydrogens is 356 g/mol. The van der Waals surface area contributed by atoms with Crippen LogP contribution in [0.4, 0.5) is 0 Å². The fourth-order valence-electron chi connectivity index (χ4n) is 6.16. The molecule has 2 fully saturated rings. The molecule has 3 aliphatic rings. The van der Waals surface area contributed by atoms with Crippen molar-refractivity contribution in [1.82, 2.24) is 0 Å². The van der Waals surface area contributed by atoms with Crippen LogP contribution in [0.5, 0.6) is 5.75 Å². The molecule has 0 aromatic heterocycles. The normalized spacial score (nSPS) is 35.5. The van der Waals surface area contributed by atoms with Crippen molar-refractivity contribution in [3.63, 3.8) is 0 Å². The molecule has 1 aliphatic heterocycles. The molecule has 1 saturated heterocycles. The van der Waals surface area contributed by atoms with Crippen LogP contribution in [-0.2, 0) is 6.42 Å². The van der Waals surface area contributed by atoms with Gasteiger partial charge in [0.15, 0.2) is 0 Å². The lowest BCUT2D eigenvalue weighted by Crippen LogP contribution is -2.52. The number of hydrogen-bond acceptors (Lipinski definition) is 3. The van der Waals surface area contributed by atoms with Gasteiger partial charge in [0.05, 0.1) is 4.08 Å². The highest BCUT2D eigenvalue weighted by molar-refractivity contribution is 8.21. The van der Waals surface area contributed by atoms with E-state index in [1.807, 2.05) is 12.1 Å². The van der Waals surface area contributed by atoms with E-state index in [0.29, 0.717) is 21.2 Å². The van der Waals surface area contributed by atoms with Gasteiger partial charge in [-0.3, -0.25) is 0 Å². The molecule has 0 radical (unpaired) electrons. The van der Waals surface area contributed by atoms with E-state index in [4.69, 9.17) is 0 Å². The Labute approximate surface area is 168 Å². The van der Waals surface area contributed by atoms with Crippen molar-refractivity contribution in [3.8, 4) is 5.75 Å². The van der Waals surface area contributed by atoms with E-state index in [-0.39, 0.29) is 0 Å². The van der Waals surface area contributed by atoms with Gasteiger partial charge >= 0.3 is 0 Å². The van der Waals surface area contributed by atoms with Gasteiger partial charge in [-0.1, -0.05) is 40.2 Å². The highest BCUT2D eigenvalue weighted by atomic mass is 32.2. The average molecular weight is 391 g/mol. The summed E-state index contributed by atoms with van der Waals surface area (Å²) in [5.74, 6) is 6.11. The fraction of sp³-hybridized carbons (Fsp3) is 0.739. The number of thioether (sulfide) groups is 2. The molecule has 1 aromatic rings. The molecule has 4 atom stereocenters. The third-order valence-electron chi connectivity index (χ3n) is 7.70.